The Kier molecular flexibility index (Phi) is 4.42. The third-order valence-electron chi connectivity index (χ3n) is 4.00. The summed E-state index contributed by atoms with van der Waals surface area (Å²) in [5.41, 5.74) is 1.70. The number of hydrogen-bond donors (Lipinski definition) is 1. The molecule has 0 aromatic heterocycles. The highest BCUT2D eigenvalue weighted by atomic mass is 19.1. The van der Waals surface area contributed by atoms with Gasteiger partial charge in [-0.05, 0) is 54.8 Å². The maximum atomic E-state index is 14.2. The number of halogens is 1. The molecule has 3 rings (SSSR count). The molecular weight excluding hydrogens is 293 g/mol. The zero-order chi connectivity index (χ0) is 16.2. The number of hydrogen-bond acceptors (Lipinski definition) is 3. The van der Waals surface area contributed by atoms with Gasteiger partial charge in [-0.1, -0.05) is 18.2 Å². The minimum Gasteiger partial charge on any atom is -0.508 e. The van der Waals surface area contributed by atoms with Crippen molar-refractivity contribution in [1.82, 2.24) is 0 Å². The highest BCUT2D eigenvalue weighted by Gasteiger charge is 2.17. The first-order chi connectivity index (χ1) is 11.1. The molecule has 0 unspecified atom stereocenters. The topological polar surface area (TPSA) is 40.5 Å². The Morgan fingerprint density at radius 2 is 1.78 bits per heavy atom. The highest BCUT2D eigenvalue weighted by Crippen LogP contribution is 2.24. The summed E-state index contributed by atoms with van der Waals surface area (Å²) in [4.78, 5) is 14.2. The predicted molar refractivity (Wildman–Crippen MR) is 89.3 cm³/mol. The molecule has 0 amide bonds. The number of benzene rings is 2. The van der Waals surface area contributed by atoms with Gasteiger partial charge in [0.15, 0.2) is 5.78 Å². The highest BCUT2D eigenvalue weighted by molar-refractivity contribution is 6.07. The summed E-state index contributed by atoms with van der Waals surface area (Å²) in [6.45, 7) is 1.73. The number of rotatable bonds is 4. The van der Waals surface area contributed by atoms with Crippen LogP contribution in [-0.2, 0) is 0 Å². The molecule has 0 aliphatic carbocycles. The van der Waals surface area contributed by atoms with Gasteiger partial charge in [-0.25, -0.2) is 4.39 Å². The van der Waals surface area contributed by atoms with Crippen molar-refractivity contribution in [2.75, 3.05) is 18.0 Å². The monoisotopic (exact) mass is 311 g/mol. The second-order valence-electron chi connectivity index (χ2n) is 5.65. The normalized spacial score (nSPS) is 14.6. The molecule has 1 fully saturated rings. The Bertz CT molecular complexity index is 732. The van der Waals surface area contributed by atoms with Crippen molar-refractivity contribution in [3.05, 3.63) is 65.5 Å². The van der Waals surface area contributed by atoms with E-state index in [-0.39, 0.29) is 17.3 Å². The van der Waals surface area contributed by atoms with Gasteiger partial charge in [0.05, 0.1) is 5.69 Å². The number of phenolic OH excluding ortho intramolecular Hbond substituents is 1. The largest absolute Gasteiger partial charge is 0.508 e. The van der Waals surface area contributed by atoms with Gasteiger partial charge in [0.2, 0.25) is 0 Å². The van der Waals surface area contributed by atoms with Crippen molar-refractivity contribution in [2.45, 2.75) is 12.8 Å². The van der Waals surface area contributed by atoms with Crippen LogP contribution in [0, 0.1) is 5.82 Å². The van der Waals surface area contributed by atoms with Crippen LogP contribution in [0.25, 0.3) is 6.08 Å². The minimum atomic E-state index is -0.351. The Morgan fingerprint density at radius 3 is 2.43 bits per heavy atom. The molecule has 23 heavy (non-hydrogen) atoms. The van der Waals surface area contributed by atoms with E-state index in [9.17, 15) is 14.3 Å². The van der Waals surface area contributed by atoms with E-state index in [0.29, 0.717) is 11.3 Å². The average Bonchev–Trinajstić information content (AvgIpc) is 3.08. The van der Waals surface area contributed by atoms with Gasteiger partial charge >= 0.3 is 0 Å². The predicted octanol–water partition coefficient (Wildman–Crippen LogP) is 4.03. The Morgan fingerprint density at radius 1 is 1.09 bits per heavy atom. The fourth-order valence-corrected chi connectivity index (χ4v) is 2.73. The molecule has 1 heterocycles. The minimum absolute atomic E-state index is 0.174. The van der Waals surface area contributed by atoms with Crippen molar-refractivity contribution in [3.63, 3.8) is 0 Å². The van der Waals surface area contributed by atoms with Crippen molar-refractivity contribution in [1.29, 1.82) is 0 Å². The lowest BCUT2D eigenvalue weighted by molar-refractivity contribution is 0.104. The van der Waals surface area contributed by atoms with E-state index in [4.69, 9.17) is 0 Å². The first-order valence-corrected chi connectivity index (χ1v) is 7.69. The number of aromatic hydroxyl groups is 1. The number of allylic oxidation sites excluding steroid dienone is 1. The number of ketones is 1. The molecule has 0 spiro atoms. The molecular formula is C19H18FNO2. The van der Waals surface area contributed by atoms with E-state index in [1.807, 2.05) is 4.90 Å². The number of nitrogens with zero attached hydrogens (tertiary/aromatic N) is 1. The van der Waals surface area contributed by atoms with Gasteiger partial charge in [0.25, 0.3) is 0 Å². The summed E-state index contributed by atoms with van der Waals surface area (Å²) < 4.78 is 14.2. The Hall–Kier alpha value is -2.62. The molecule has 2 aromatic rings. The van der Waals surface area contributed by atoms with Crippen molar-refractivity contribution < 1.29 is 14.3 Å². The molecule has 118 valence electrons. The van der Waals surface area contributed by atoms with Crippen LogP contribution < -0.4 is 4.90 Å². The second kappa shape index (κ2) is 6.65. The molecule has 1 aliphatic heterocycles. The summed E-state index contributed by atoms with van der Waals surface area (Å²) in [5, 5.41) is 9.22. The standard InChI is InChI=1S/C19H18FNO2/c20-17-13-15(6-9-18(17)21-11-1-2-12-21)19(23)10-5-14-3-7-16(22)8-4-14/h3-10,13,22H,1-2,11-12H2. The van der Waals surface area contributed by atoms with Gasteiger partial charge in [0, 0.05) is 18.7 Å². The lowest BCUT2D eigenvalue weighted by atomic mass is 10.1. The smallest absolute Gasteiger partial charge is 0.185 e. The van der Waals surface area contributed by atoms with Gasteiger partial charge in [-0.2, -0.15) is 0 Å². The van der Waals surface area contributed by atoms with E-state index in [0.717, 1.165) is 31.5 Å². The first kappa shape index (κ1) is 15.3. The summed E-state index contributed by atoms with van der Waals surface area (Å²) in [5.74, 6) is -0.422. The Balaban J connectivity index is 1.74. The maximum Gasteiger partial charge on any atom is 0.185 e. The van der Waals surface area contributed by atoms with Crippen LogP contribution >= 0.6 is 0 Å². The lowest BCUT2D eigenvalue weighted by Gasteiger charge is -2.18. The molecule has 1 saturated heterocycles. The number of phenols is 1. The zero-order valence-corrected chi connectivity index (χ0v) is 12.7. The molecule has 2 aromatic carbocycles. The van der Waals surface area contributed by atoms with Crippen molar-refractivity contribution >= 4 is 17.5 Å². The molecule has 3 nitrogen and oxygen atoms in total. The van der Waals surface area contributed by atoms with E-state index >= 15 is 0 Å². The van der Waals surface area contributed by atoms with Gasteiger partial charge < -0.3 is 10.0 Å². The molecule has 0 radical (unpaired) electrons. The summed E-state index contributed by atoms with van der Waals surface area (Å²) in [6, 6.07) is 11.2. The molecule has 1 N–H and O–H groups in total. The SMILES string of the molecule is O=C(C=Cc1ccc(O)cc1)c1ccc(N2CCCC2)c(F)c1. The third kappa shape index (κ3) is 3.59. The van der Waals surface area contributed by atoms with E-state index in [1.165, 1.54) is 12.1 Å². The van der Waals surface area contributed by atoms with Gasteiger partial charge in [0.1, 0.15) is 11.6 Å². The summed E-state index contributed by atoms with van der Waals surface area (Å²) in [7, 11) is 0. The van der Waals surface area contributed by atoms with Crippen LogP contribution in [0.2, 0.25) is 0 Å². The summed E-state index contributed by atoms with van der Waals surface area (Å²) >= 11 is 0. The van der Waals surface area contributed by atoms with Crippen LogP contribution in [0.15, 0.2) is 48.5 Å². The van der Waals surface area contributed by atoms with E-state index in [1.54, 1.807) is 42.5 Å². The number of carbonyl (C=O) groups is 1. The molecule has 0 bridgehead atoms. The first-order valence-electron chi connectivity index (χ1n) is 7.69. The van der Waals surface area contributed by atoms with E-state index < -0.39 is 0 Å². The second-order valence-corrected chi connectivity index (χ2v) is 5.65. The van der Waals surface area contributed by atoms with Gasteiger partial charge in [-0.15, -0.1) is 0 Å². The van der Waals surface area contributed by atoms with Crippen LogP contribution in [0.1, 0.15) is 28.8 Å². The zero-order valence-electron chi connectivity index (χ0n) is 12.7. The lowest BCUT2D eigenvalue weighted by Crippen LogP contribution is -2.19. The van der Waals surface area contributed by atoms with Crippen LogP contribution in [0.3, 0.4) is 0 Å². The Labute approximate surface area is 134 Å². The third-order valence-corrected chi connectivity index (χ3v) is 4.00. The van der Waals surface area contributed by atoms with Crippen LogP contribution in [0.5, 0.6) is 5.75 Å². The summed E-state index contributed by atoms with van der Waals surface area (Å²) in [6.07, 6.45) is 5.22. The molecule has 1 aliphatic rings. The van der Waals surface area contributed by atoms with Crippen LogP contribution in [0.4, 0.5) is 10.1 Å². The fourth-order valence-electron chi connectivity index (χ4n) is 2.73. The van der Waals surface area contributed by atoms with Crippen molar-refractivity contribution in [3.8, 4) is 5.75 Å². The molecule has 4 heteroatoms. The number of anilines is 1. The number of carbonyl (C=O) groups excluding carboxylic acids is 1. The van der Waals surface area contributed by atoms with Gasteiger partial charge in [-0.3, -0.25) is 4.79 Å². The van der Waals surface area contributed by atoms with E-state index in [2.05, 4.69) is 0 Å². The quantitative estimate of drug-likeness (QED) is 0.684. The average molecular weight is 311 g/mol. The molecule has 0 atom stereocenters. The van der Waals surface area contributed by atoms with Crippen LogP contribution in [-0.4, -0.2) is 24.0 Å². The maximum absolute atomic E-state index is 14.2. The fraction of sp³-hybridized carbons (Fsp3) is 0.211. The molecule has 0 saturated carbocycles. The van der Waals surface area contributed by atoms with Crippen molar-refractivity contribution in [2.24, 2.45) is 0 Å².